The molecule has 0 atom stereocenters. The van der Waals surface area contributed by atoms with E-state index < -0.39 is 0 Å². The largest absolute Gasteiger partial charge is 0.395 e. The lowest BCUT2D eigenvalue weighted by molar-refractivity contribution is 0.301. The third-order valence-corrected chi connectivity index (χ3v) is 3.68. The Balaban J connectivity index is 2.28. The summed E-state index contributed by atoms with van der Waals surface area (Å²) >= 11 is 3.47. The molecule has 0 aliphatic rings. The number of benzene rings is 2. The van der Waals surface area contributed by atoms with Gasteiger partial charge in [-0.25, -0.2) is 0 Å². The summed E-state index contributed by atoms with van der Waals surface area (Å²) < 4.78 is 1.02. The molecule has 0 amide bonds. The fraction of sp³-hybridized carbons (Fsp3) is 0.250. The Labute approximate surface area is 128 Å². The number of halogens is 1. The van der Waals surface area contributed by atoms with E-state index in [9.17, 15) is 5.11 Å². The molecule has 2 aromatic rings. The smallest absolute Gasteiger partial charge is 0.0606 e. The lowest BCUT2D eigenvalue weighted by Gasteiger charge is -2.26. The Morgan fingerprint density at radius 1 is 1.10 bits per heavy atom. The standard InChI is InChI=1S/C16H19BrN2O/c17-15-6-7-16(14(10-15)11-18)19(8-9-20)12-13-4-2-1-3-5-13/h1-7,10,20H,8-9,11-12,18H2. The molecule has 0 bridgehead atoms. The van der Waals surface area contributed by atoms with Crippen LogP contribution in [0.5, 0.6) is 0 Å². The van der Waals surface area contributed by atoms with Crippen LogP contribution in [0.3, 0.4) is 0 Å². The normalized spacial score (nSPS) is 10.6. The van der Waals surface area contributed by atoms with Gasteiger partial charge < -0.3 is 15.7 Å². The number of aliphatic hydroxyl groups is 1. The summed E-state index contributed by atoms with van der Waals surface area (Å²) in [6.07, 6.45) is 0. The van der Waals surface area contributed by atoms with Crippen molar-refractivity contribution in [2.45, 2.75) is 13.1 Å². The molecule has 0 saturated heterocycles. The lowest BCUT2D eigenvalue weighted by atomic mass is 10.1. The van der Waals surface area contributed by atoms with Gasteiger partial charge in [0.15, 0.2) is 0 Å². The van der Waals surface area contributed by atoms with E-state index in [1.54, 1.807) is 0 Å². The van der Waals surface area contributed by atoms with Crippen molar-refractivity contribution in [2.24, 2.45) is 5.73 Å². The Hall–Kier alpha value is -1.36. The predicted octanol–water partition coefficient (Wildman–Crippen LogP) is 2.91. The van der Waals surface area contributed by atoms with Crippen LogP contribution < -0.4 is 10.6 Å². The molecule has 0 radical (unpaired) electrons. The monoisotopic (exact) mass is 334 g/mol. The molecule has 0 fully saturated rings. The summed E-state index contributed by atoms with van der Waals surface area (Å²) in [6.45, 7) is 1.94. The third-order valence-electron chi connectivity index (χ3n) is 3.19. The lowest BCUT2D eigenvalue weighted by Crippen LogP contribution is -2.27. The summed E-state index contributed by atoms with van der Waals surface area (Å²) in [6, 6.07) is 16.3. The zero-order valence-electron chi connectivity index (χ0n) is 11.3. The third kappa shape index (κ3) is 3.82. The van der Waals surface area contributed by atoms with Gasteiger partial charge in [0, 0.05) is 29.8 Å². The van der Waals surface area contributed by atoms with E-state index in [1.807, 2.05) is 36.4 Å². The van der Waals surface area contributed by atoms with Crippen LogP contribution in [0.4, 0.5) is 5.69 Å². The maximum Gasteiger partial charge on any atom is 0.0606 e. The zero-order chi connectivity index (χ0) is 14.4. The number of aliphatic hydroxyl groups excluding tert-OH is 1. The highest BCUT2D eigenvalue weighted by molar-refractivity contribution is 9.10. The number of anilines is 1. The number of hydrogen-bond donors (Lipinski definition) is 2. The first-order chi connectivity index (χ1) is 9.74. The second-order valence-electron chi connectivity index (χ2n) is 4.61. The average molecular weight is 335 g/mol. The molecule has 0 aromatic heterocycles. The van der Waals surface area contributed by atoms with E-state index in [4.69, 9.17) is 5.73 Å². The van der Waals surface area contributed by atoms with Gasteiger partial charge in [0.25, 0.3) is 0 Å². The van der Waals surface area contributed by atoms with Crippen molar-refractivity contribution in [1.82, 2.24) is 0 Å². The number of rotatable bonds is 6. The maximum absolute atomic E-state index is 9.31. The fourth-order valence-corrected chi connectivity index (χ4v) is 2.64. The first-order valence-corrected chi connectivity index (χ1v) is 7.42. The van der Waals surface area contributed by atoms with Gasteiger partial charge >= 0.3 is 0 Å². The summed E-state index contributed by atoms with van der Waals surface area (Å²) in [5.41, 5.74) is 9.20. The van der Waals surface area contributed by atoms with Gasteiger partial charge in [-0.3, -0.25) is 0 Å². The van der Waals surface area contributed by atoms with Gasteiger partial charge in [0.05, 0.1) is 6.61 Å². The van der Waals surface area contributed by atoms with Crippen molar-refractivity contribution in [1.29, 1.82) is 0 Å². The SMILES string of the molecule is NCc1cc(Br)ccc1N(CCO)Cc1ccccc1. The number of hydrogen-bond acceptors (Lipinski definition) is 3. The molecule has 0 spiro atoms. The van der Waals surface area contributed by atoms with Crippen LogP contribution in [-0.2, 0) is 13.1 Å². The molecule has 4 heteroatoms. The molecule has 2 rings (SSSR count). The van der Waals surface area contributed by atoms with Crippen LogP contribution in [0, 0.1) is 0 Å². The van der Waals surface area contributed by atoms with Gasteiger partial charge in [-0.05, 0) is 29.3 Å². The van der Waals surface area contributed by atoms with Gasteiger partial charge in [0.2, 0.25) is 0 Å². The topological polar surface area (TPSA) is 49.5 Å². The summed E-state index contributed by atoms with van der Waals surface area (Å²) in [5.74, 6) is 0. The van der Waals surface area contributed by atoms with Gasteiger partial charge in [-0.1, -0.05) is 46.3 Å². The zero-order valence-corrected chi connectivity index (χ0v) is 12.9. The number of nitrogens with two attached hydrogens (primary N) is 1. The molecule has 0 aliphatic heterocycles. The molecule has 3 N–H and O–H groups in total. The summed E-state index contributed by atoms with van der Waals surface area (Å²) in [5, 5.41) is 9.31. The molecule has 2 aromatic carbocycles. The molecule has 0 heterocycles. The van der Waals surface area contributed by atoms with Crippen molar-refractivity contribution in [3.05, 3.63) is 64.1 Å². The number of nitrogens with zero attached hydrogens (tertiary/aromatic N) is 1. The van der Waals surface area contributed by atoms with E-state index in [0.717, 1.165) is 22.3 Å². The van der Waals surface area contributed by atoms with Crippen LogP contribution in [0.15, 0.2) is 53.0 Å². The summed E-state index contributed by atoms with van der Waals surface area (Å²) in [7, 11) is 0. The molecule has 0 saturated carbocycles. The highest BCUT2D eigenvalue weighted by Gasteiger charge is 2.11. The average Bonchev–Trinajstić information content (AvgIpc) is 2.48. The van der Waals surface area contributed by atoms with Crippen molar-refractivity contribution in [3.63, 3.8) is 0 Å². The predicted molar refractivity (Wildman–Crippen MR) is 86.6 cm³/mol. The van der Waals surface area contributed by atoms with Crippen molar-refractivity contribution in [3.8, 4) is 0 Å². The van der Waals surface area contributed by atoms with Crippen LogP contribution >= 0.6 is 15.9 Å². The van der Waals surface area contributed by atoms with Crippen LogP contribution in [0.1, 0.15) is 11.1 Å². The Kier molecular flexibility index (Phi) is 5.59. The van der Waals surface area contributed by atoms with Gasteiger partial charge in [0.1, 0.15) is 0 Å². The van der Waals surface area contributed by atoms with Crippen LogP contribution in [0.25, 0.3) is 0 Å². The quantitative estimate of drug-likeness (QED) is 0.853. The Morgan fingerprint density at radius 3 is 2.50 bits per heavy atom. The highest BCUT2D eigenvalue weighted by atomic mass is 79.9. The minimum absolute atomic E-state index is 0.118. The van der Waals surface area contributed by atoms with E-state index in [2.05, 4.69) is 33.0 Å². The molecule has 20 heavy (non-hydrogen) atoms. The molecular weight excluding hydrogens is 316 g/mol. The highest BCUT2D eigenvalue weighted by Crippen LogP contribution is 2.25. The second kappa shape index (κ2) is 7.43. The molecular formula is C16H19BrN2O. The first kappa shape index (κ1) is 15.0. The van der Waals surface area contributed by atoms with Gasteiger partial charge in [-0.2, -0.15) is 0 Å². The minimum Gasteiger partial charge on any atom is -0.395 e. The first-order valence-electron chi connectivity index (χ1n) is 6.63. The molecule has 3 nitrogen and oxygen atoms in total. The van der Waals surface area contributed by atoms with Crippen molar-refractivity contribution >= 4 is 21.6 Å². The van der Waals surface area contributed by atoms with Crippen molar-refractivity contribution < 1.29 is 5.11 Å². The van der Waals surface area contributed by atoms with E-state index in [0.29, 0.717) is 13.1 Å². The Bertz CT molecular complexity index is 545. The fourth-order valence-electron chi connectivity index (χ4n) is 2.24. The molecule has 106 valence electrons. The Morgan fingerprint density at radius 2 is 1.85 bits per heavy atom. The van der Waals surface area contributed by atoms with E-state index >= 15 is 0 Å². The second-order valence-corrected chi connectivity index (χ2v) is 5.52. The summed E-state index contributed by atoms with van der Waals surface area (Å²) in [4.78, 5) is 2.16. The molecule has 0 unspecified atom stereocenters. The van der Waals surface area contributed by atoms with E-state index in [1.165, 1.54) is 5.56 Å². The molecule has 0 aliphatic carbocycles. The van der Waals surface area contributed by atoms with Crippen LogP contribution in [0.2, 0.25) is 0 Å². The minimum atomic E-state index is 0.118. The maximum atomic E-state index is 9.31. The van der Waals surface area contributed by atoms with Crippen molar-refractivity contribution in [2.75, 3.05) is 18.1 Å². The van der Waals surface area contributed by atoms with E-state index in [-0.39, 0.29) is 6.61 Å². The van der Waals surface area contributed by atoms with Crippen LogP contribution in [-0.4, -0.2) is 18.3 Å². The van der Waals surface area contributed by atoms with Gasteiger partial charge in [-0.15, -0.1) is 0 Å².